The topological polar surface area (TPSA) is 30.7 Å². The maximum absolute atomic E-state index is 12.9. The fourth-order valence-corrected chi connectivity index (χ4v) is 1.48. The summed E-state index contributed by atoms with van der Waals surface area (Å²) in [5.74, 6) is 1.02. The Bertz CT molecular complexity index is 451. The summed E-state index contributed by atoms with van der Waals surface area (Å²) in [4.78, 5) is 8.03. The van der Waals surface area contributed by atoms with Gasteiger partial charge in [-0.2, -0.15) is 4.39 Å². The Morgan fingerprint density at radius 2 is 2.27 bits per heavy atom. The van der Waals surface area contributed by atoms with Gasteiger partial charge in [0.05, 0.1) is 0 Å². The minimum Gasteiger partial charge on any atom is -0.288 e. The van der Waals surface area contributed by atoms with E-state index in [4.69, 9.17) is 0 Å². The van der Waals surface area contributed by atoms with Crippen LogP contribution in [0.1, 0.15) is 19.2 Å². The highest BCUT2D eigenvalue weighted by Crippen LogP contribution is 2.09. The van der Waals surface area contributed by atoms with E-state index in [1.54, 1.807) is 24.5 Å². The van der Waals surface area contributed by atoms with Crippen LogP contribution in [0.15, 0.2) is 30.6 Å². The average molecular weight is 205 g/mol. The van der Waals surface area contributed by atoms with Crippen molar-refractivity contribution in [3.8, 4) is 5.82 Å². The summed E-state index contributed by atoms with van der Waals surface area (Å²) >= 11 is 0. The molecule has 4 heteroatoms. The summed E-state index contributed by atoms with van der Waals surface area (Å²) in [5, 5.41) is 0. The summed E-state index contributed by atoms with van der Waals surface area (Å²) in [6, 6.07) is 4.75. The van der Waals surface area contributed by atoms with Crippen LogP contribution in [0.4, 0.5) is 4.39 Å². The molecule has 0 fully saturated rings. The van der Waals surface area contributed by atoms with Gasteiger partial charge in [0.1, 0.15) is 11.6 Å². The van der Waals surface area contributed by atoms with E-state index in [2.05, 4.69) is 16.9 Å². The van der Waals surface area contributed by atoms with E-state index in [-0.39, 0.29) is 0 Å². The first-order valence-corrected chi connectivity index (χ1v) is 4.96. The molecule has 0 aliphatic heterocycles. The summed E-state index contributed by atoms with van der Waals surface area (Å²) in [7, 11) is 0. The molecule has 0 aromatic carbocycles. The number of aromatic nitrogens is 3. The second-order valence-electron chi connectivity index (χ2n) is 3.28. The van der Waals surface area contributed by atoms with E-state index in [1.165, 1.54) is 6.07 Å². The maximum Gasteiger partial charge on any atom is 0.214 e. The van der Waals surface area contributed by atoms with Crippen LogP contribution >= 0.6 is 0 Å². The highest BCUT2D eigenvalue weighted by Gasteiger charge is 2.05. The molecule has 0 aliphatic rings. The van der Waals surface area contributed by atoms with E-state index in [1.807, 2.05) is 4.57 Å². The Morgan fingerprint density at radius 3 is 3.00 bits per heavy atom. The molecular formula is C11H12FN3. The predicted molar refractivity (Wildman–Crippen MR) is 55.3 cm³/mol. The molecule has 0 saturated heterocycles. The van der Waals surface area contributed by atoms with Crippen LogP contribution < -0.4 is 0 Å². The zero-order chi connectivity index (χ0) is 10.7. The van der Waals surface area contributed by atoms with Crippen LogP contribution in [0, 0.1) is 5.95 Å². The molecule has 3 nitrogen and oxygen atoms in total. The minimum atomic E-state index is -0.469. The lowest BCUT2D eigenvalue weighted by molar-refractivity contribution is 0.579. The van der Waals surface area contributed by atoms with Gasteiger partial charge in [-0.1, -0.05) is 13.0 Å². The van der Waals surface area contributed by atoms with Crippen molar-refractivity contribution in [2.75, 3.05) is 0 Å². The van der Waals surface area contributed by atoms with Gasteiger partial charge < -0.3 is 0 Å². The molecule has 0 atom stereocenters. The van der Waals surface area contributed by atoms with Gasteiger partial charge >= 0.3 is 0 Å². The number of hydrogen-bond acceptors (Lipinski definition) is 2. The largest absolute Gasteiger partial charge is 0.288 e. The van der Waals surface area contributed by atoms with Crippen molar-refractivity contribution in [2.45, 2.75) is 19.8 Å². The number of halogens is 1. The molecule has 2 aromatic rings. The Hall–Kier alpha value is -1.71. The van der Waals surface area contributed by atoms with Crippen LogP contribution in [-0.2, 0) is 6.42 Å². The van der Waals surface area contributed by atoms with E-state index < -0.39 is 5.95 Å². The third-order valence-corrected chi connectivity index (χ3v) is 2.14. The fraction of sp³-hybridized carbons (Fsp3) is 0.273. The van der Waals surface area contributed by atoms with Gasteiger partial charge in [0.15, 0.2) is 0 Å². The first kappa shape index (κ1) is 9.83. The summed E-state index contributed by atoms with van der Waals surface area (Å²) in [5.41, 5.74) is 0. The third-order valence-electron chi connectivity index (χ3n) is 2.14. The van der Waals surface area contributed by atoms with Gasteiger partial charge in [-0.3, -0.25) is 4.57 Å². The maximum atomic E-state index is 12.9. The summed E-state index contributed by atoms with van der Waals surface area (Å²) in [6.45, 7) is 2.08. The second-order valence-corrected chi connectivity index (χ2v) is 3.28. The van der Waals surface area contributed by atoms with Crippen molar-refractivity contribution in [3.05, 3.63) is 42.4 Å². The van der Waals surface area contributed by atoms with Crippen LogP contribution in [0.25, 0.3) is 5.82 Å². The van der Waals surface area contributed by atoms with Crippen LogP contribution in [-0.4, -0.2) is 14.5 Å². The molecular weight excluding hydrogens is 193 g/mol. The van der Waals surface area contributed by atoms with Crippen LogP contribution in [0.5, 0.6) is 0 Å². The second kappa shape index (κ2) is 4.21. The quantitative estimate of drug-likeness (QED) is 0.720. The average Bonchev–Trinajstić information content (AvgIpc) is 2.66. The highest BCUT2D eigenvalue weighted by atomic mass is 19.1. The number of aryl methyl sites for hydroxylation is 1. The molecule has 15 heavy (non-hydrogen) atoms. The fourth-order valence-electron chi connectivity index (χ4n) is 1.48. The van der Waals surface area contributed by atoms with Gasteiger partial charge in [0, 0.05) is 18.8 Å². The highest BCUT2D eigenvalue weighted by molar-refractivity contribution is 5.24. The van der Waals surface area contributed by atoms with Crippen molar-refractivity contribution in [1.29, 1.82) is 0 Å². The molecule has 2 heterocycles. The third kappa shape index (κ3) is 2.03. The summed E-state index contributed by atoms with van der Waals surface area (Å²) in [6.07, 6.45) is 5.38. The molecule has 0 N–H and O–H groups in total. The number of imidazole rings is 1. The first-order chi connectivity index (χ1) is 7.31. The normalized spacial score (nSPS) is 10.5. The minimum absolute atomic E-state index is 0.469. The van der Waals surface area contributed by atoms with Gasteiger partial charge in [-0.15, -0.1) is 0 Å². The molecule has 0 amide bonds. The van der Waals surface area contributed by atoms with E-state index in [0.29, 0.717) is 5.82 Å². The molecule has 0 aliphatic carbocycles. The van der Waals surface area contributed by atoms with Crippen molar-refractivity contribution in [3.63, 3.8) is 0 Å². The van der Waals surface area contributed by atoms with Crippen LogP contribution in [0.2, 0.25) is 0 Å². The first-order valence-electron chi connectivity index (χ1n) is 4.96. The smallest absolute Gasteiger partial charge is 0.214 e. The predicted octanol–water partition coefficient (Wildman–Crippen LogP) is 2.36. The number of pyridine rings is 1. The Morgan fingerprint density at radius 1 is 1.40 bits per heavy atom. The van der Waals surface area contributed by atoms with Crippen molar-refractivity contribution >= 4 is 0 Å². The molecule has 0 unspecified atom stereocenters. The van der Waals surface area contributed by atoms with Gasteiger partial charge in [-0.05, 0) is 18.6 Å². The number of hydrogen-bond donors (Lipinski definition) is 0. The van der Waals surface area contributed by atoms with Crippen molar-refractivity contribution in [1.82, 2.24) is 14.5 Å². The SMILES string of the molecule is CCCc1nccn1-c1cccc(F)n1. The lowest BCUT2D eigenvalue weighted by atomic mass is 10.3. The van der Waals surface area contributed by atoms with Crippen LogP contribution in [0.3, 0.4) is 0 Å². The van der Waals surface area contributed by atoms with E-state index >= 15 is 0 Å². The van der Waals surface area contributed by atoms with Gasteiger partial charge in [0.25, 0.3) is 0 Å². The van der Waals surface area contributed by atoms with E-state index in [0.717, 1.165) is 18.7 Å². The molecule has 78 valence electrons. The van der Waals surface area contributed by atoms with Gasteiger partial charge in [-0.25, -0.2) is 9.97 Å². The van der Waals surface area contributed by atoms with Crippen molar-refractivity contribution < 1.29 is 4.39 Å². The zero-order valence-electron chi connectivity index (χ0n) is 8.52. The molecule has 2 aromatic heterocycles. The molecule has 0 radical (unpaired) electrons. The number of rotatable bonds is 3. The van der Waals surface area contributed by atoms with Gasteiger partial charge in [0.2, 0.25) is 5.95 Å². The number of nitrogens with zero attached hydrogens (tertiary/aromatic N) is 3. The Labute approximate surface area is 87.6 Å². The summed E-state index contributed by atoms with van der Waals surface area (Å²) < 4.78 is 14.7. The lowest BCUT2D eigenvalue weighted by Gasteiger charge is -2.05. The monoisotopic (exact) mass is 205 g/mol. The Balaban J connectivity index is 2.40. The van der Waals surface area contributed by atoms with E-state index in [9.17, 15) is 4.39 Å². The standard InChI is InChI=1S/C11H12FN3/c1-2-4-10-13-7-8-15(10)11-6-3-5-9(12)14-11/h3,5-8H,2,4H2,1H3. The van der Waals surface area contributed by atoms with Crippen molar-refractivity contribution in [2.24, 2.45) is 0 Å². The Kier molecular flexibility index (Phi) is 2.76. The molecule has 0 saturated carbocycles. The zero-order valence-corrected chi connectivity index (χ0v) is 8.52. The molecule has 0 bridgehead atoms. The molecule has 2 rings (SSSR count). The molecule has 0 spiro atoms. The lowest BCUT2D eigenvalue weighted by Crippen LogP contribution is -2.03.